The molecule has 1 saturated heterocycles. The highest BCUT2D eigenvalue weighted by molar-refractivity contribution is 7.91. The first-order chi connectivity index (χ1) is 9.46. The Morgan fingerprint density at radius 2 is 2.00 bits per heavy atom. The van der Waals surface area contributed by atoms with E-state index in [1.165, 1.54) is 10.6 Å². The predicted octanol–water partition coefficient (Wildman–Crippen LogP) is 0.720. The summed E-state index contributed by atoms with van der Waals surface area (Å²) < 4.78 is 24.1. The van der Waals surface area contributed by atoms with Crippen LogP contribution >= 0.6 is 0 Å². The third-order valence-corrected chi connectivity index (χ3v) is 5.23. The van der Waals surface area contributed by atoms with Gasteiger partial charge in [-0.15, -0.1) is 0 Å². The summed E-state index contributed by atoms with van der Waals surface area (Å²) in [5, 5.41) is 13.3. The molecule has 106 valence electrons. The van der Waals surface area contributed by atoms with E-state index < -0.39 is 15.8 Å². The van der Waals surface area contributed by atoms with Gasteiger partial charge < -0.3 is 5.11 Å². The Morgan fingerprint density at radius 3 is 2.65 bits per heavy atom. The van der Waals surface area contributed by atoms with Gasteiger partial charge in [0, 0.05) is 5.92 Å². The molecule has 0 aliphatic carbocycles. The minimum Gasteiger partial charge on any atom is -0.477 e. The number of pyridine rings is 1. The van der Waals surface area contributed by atoms with Crippen LogP contribution in [0.2, 0.25) is 0 Å². The summed E-state index contributed by atoms with van der Waals surface area (Å²) in [6.07, 6.45) is 0.975. The Morgan fingerprint density at radius 1 is 1.30 bits per heavy atom. The molecule has 8 heteroatoms. The number of carboxylic acids is 1. The molecule has 1 aliphatic heterocycles. The maximum Gasteiger partial charge on any atom is 0.354 e. The number of aromatic carboxylic acids is 1. The quantitative estimate of drug-likeness (QED) is 0.876. The van der Waals surface area contributed by atoms with E-state index in [0.717, 1.165) is 0 Å². The van der Waals surface area contributed by atoms with Crippen molar-refractivity contribution in [3.63, 3.8) is 0 Å². The number of carboxylic acid groups (broad SMARTS) is 1. The van der Waals surface area contributed by atoms with Crippen molar-refractivity contribution >= 4 is 21.5 Å². The summed E-state index contributed by atoms with van der Waals surface area (Å²) in [7, 11) is -2.93. The molecule has 0 radical (unpaired) electrons. The van der Waals surface area contributed by atoms with Gasteiger partial charge in [0.2, 0.25) is 0 Å². The molecule has 0 saturated carbocycles. The predicted molar refractivity (Wildman–Crippen MR) is 70.6 cm³/mol. The van der Waals surface area contributed by atoms with Gasteiger partial charge in [-0.2, -0.15) is 5.10 Å². The Balaban J connectivity index is 1.98. The van der Waals surface area contributed by atoms with Crippen molar-refractivity contribution in [3.05, 3.63) is 29.7 Å². The van der Waals surface area contributed by atoms with Crippen LogP contribution in [-0.4, -0.2) is 45.6 Å². The first kappa shape index (κ1) is 13.0. The van der Waals surface area contributed by atoms with Crippen LogP contribution in [0.25, 0.3) is 5.65 Å². The topological polar surface area (TPSA) is 102 Å². The van der Waals surface area contributed by atoms with Crippen molar-refractivity contribution < 1.29 is 18.3 Å². The first-order valence-electron chi connectivity index (χ1n) is 6.26. The number of sulfone groups is 1. The summed E-state index contributed by atoms with van der Waals surface area (Å²) in [6, 6.07) is 4.75. The number of hydrogen-bond donors (Lipinski definition) is 1. The van der Waals surface area contributed by atoms with Crippen molar-refractivity contribution in [1.29, 1.82) is 0 Å². The second-order valence-electron chi connectivity index (χ2n) is 4.88. The minimum absolute atomic E-state index is 0.0277. The van der Waals surface area contributed by atoms with Crippen molar-refractivity contribution in [3.8, 4) is 0 Å². The van der Waals surface area contributed by atoms with E-state index in [4.69, 9.17) is 5.11 Å². The molecule has 1 N–H and O–H groups in total. The number of carbonyl (C=O) groups is 1. The second-order valence-corrected chi connectivity index (χ2v) is 7.19. The van der Waals surface area contributed by atoms with E-state index in [1.807, 2.05) is 0 Å². The van der Waals surface area contributed by atoms with E-state index in [0.29, 0.717) is 24.3 Å². The zero-order chi connectivity index (χ0) is 14.3. The largest absolute Gasteiger partial charge is 0.477 e. The third kappa shape index (κ3) is 2.26. The molecule has 20 heavy (non-hydrogen) atoms. The molecule has 2 aromatic heterocycles. The third-order valence-electron chi connectivity index (χ3n) is 3.52. The summed E-state index contributed by atoms with van der Waals surface area (Å²) >= 11 is 0. The van der Waals surface area contributed by atoms with Gasteiger partial charge in [-0.3, -0.25) is 0 Å². The molecule has 0 atom stereocenters. The van der Waals surface area contributed by atoms with E-state index in [2.05, 4.69) is 10.1 Å². The summed E-state index contributed by atoms with van der Waals surface area (Å²) in [5.74, 6) is -0.301. The number of nitrogens with zero attached hydrogens (tertiary/aromatic N) is 3. The van der Waals surface area contributed by atoms with E-state index in [-0.39, 0.29) is 23.1 Å². The molecule has 1 fully saturated rings. The van der Waals surface area contributed by atoms with Crippen LogP contribution in [0.4, 0.5) is 0 Å². The van der Waals surface area contributed by atoms with Crippen molar-refractivity contribution in [2.75, 3.05) is 11.5 Å². The lowest BCUT2D eigenvalue weighted by atomic mass is 10.0. The average molecular weight is 295 g/mol. The van der Waals surface area contributed by atoms with Crippen LogP contribution in [0.5, 0.6) is 0 Å². The van der Waals surface area contributed by atoms with Crippen LogP contribution in [0.3, 0.4) is 0 Å². The Labute approximate surface area is 115 Å². The standard InChI is InChI=1S/C12H13N3O4S/c16-12(17)9-2-1-3-10-13-11(14-15(9)10)8-4-6-20(18,19)7-5-8/h1-3,8H,4-7H2,(H,16,17). The maximum atomic E-state index is 11.4. The van der Waals surface area contributed by atoms with Gasteiger partial charge in [0.05, 0.1) is 11.5 Å². The molecule has 0 aromatic carbocycles. The smallest absolute Gasteiger partial charge is 0.354 e. The van der Waals surface area contributed by atoms with E-state index in [1.54, 1.807) is 12.1 Å². The van der Waals surface area contributed by atoms with Gasteiger partial charge in [0.1, 0.15) is 9.84 Å². The van der Waals surface area contributed by atoms with Crippen LogP contribution in [-0.2, 0) is 9.84 Å². The lowest BCUT2D eigenvalue weighted by molar-refractivity contribution is 0.0687. The fourth-order valence-electron chi connectivity index (χ4n) is 2.40. The van der Waals surface area contributed by atoms with Gasteiger partial charge in [0.15, 0.2) is 17.2 Å². The Hall–Kier alpha value is -1.96. The highest BCUT2D eigenvalue weighted by Crippen LogP contribution is 2.27. The van der Waals surface area contributed by atoms with Gasteiger partial charge >= 0.3 is 5.97 Å². The first-order valence-corrected chi connectivity index (χ1v) is 8.08. The average Bonchev–Trinajstić information content (AvgIpc) is 2.81. The molecule has 0 unspecified atom stereocenters. The fraction of sp³-hybridized carbons (Fsp3) is 0.417. The van der Waals surface area contributed by atoms with Crippen LogP contribution in [0.1, 0.15) is 35.1 Å². The lowest BCUT2D eigenvalue weighted by Crippen LogP contribution is -2.22. The van der Waals surface area contributed by atoms with E-state index in [9.17, 15) is 13.2 Å². The Kier molecular flexibility index (Phi) is 2.97. The molecular weight excluding hydrogens is 282 g/mol. The van der Waals surface area contributed by atoms with Gasteiger partial charge in [-0.05, 0) is 25.0 Å². The van der Waals surface area contributed by atoms with E-state index >= 15 is 0 Å². The van der Waals surface area contributed by atoms with Crippen LogP contribution in [0.15, 0.2) is 18.2 Å². The van der Waals surface area contributed by atoms with Crippen LogP contribution in [0, 0.1) is 0 Å². The molecule has 0 amide bonds. The molecule has 0 bridgehead atoms. The molecule has 3 heterocycles. The number of fused-ring (bicyclic) bond motifs is 1. The summed E-state index contributed by atoms with van der Waals surface area (Å²) in [4.78, 5) is 15.4. The fourth-order valence-corrected chi connectivity index (χ4v) is 3.90. The van der Waals surface area contributed by atoms with Crippen molar-refractivity contribution in [2.24, 2.45) is 0 Å². The zero-order valence-corrected chi connectivity index (χ0v) is 11.4. The number of aromatic nitrogens is 3. The molecule has 2 aromatic rings. The van der Waals surface area contributed by atoms with Gasteiger partial charge in [-0.1, -0.05) is 6.07 Å². The molecule has 1 aliphatic rings. The highest BCUT2D eigenvalue weighted by Gasteiger charge is 2.27. The molecule has 0 spiro atoms. The molecule has 3 rings (SSSR count). The summed E-state index contributed by atoms with van der Waals surface area (Å²) in [6.45, 7) is 0. The highest BCUT2D eigenvalue weighted by atomic mass is 32.2. The zero-order valence-electron chi connectivity index (χ0n) is 10.6. The Bertz CT molecular complexity index is 767. The normalized spacial score (nSPS) is 19.2. The summed E-state index contributed by atoms with van der Waals surface area (Å²) in [5.41, 5.74) is 0.512. The maximum absolute atomic E-state index is 11.4. The molecule has 7 nitrogen and oxygen atoms in total. The number of hydrogen-bond acceptors (Lipinski definition) is 5. The van der Waals surface area contributed by atoms with Crippen molar-refractivity contribution in [1.82, 2.24) is 14.6 Å². The SMILES string of the molecule is O=C(O)c1cccc2nc(C3CCS(=O)(=O)CC3)nn12. The monoisotopic (exact) mass is 295 g/mol. The number of rotatable bonds is 2. The van der Waals surface area contributed by atoms with Crippen LogP contribution < -0.4 is 0 Å². The second kappa shape index (κ2) is 4.55. The van der Waals surface area contributed by atoms with Gasteiger partial charge in [-0.25, -0.2) is 22.7 Å². The minimum atomic E-state index is -2.93. The lowest BCUT2D eigenvalue weighted by Gasteiger charge is -2.18. The van der Waals surface area contributed by atoms with Gasteiger partial charge in [0.25, 0.3) is 0 Å². The van der Waals surface area contributed by atoms with Crippen molar-refractivity contribution in [2.45, 2.75) is 18.8 Å². The molecular formula is C12H13N3O4S.